The average molecular weight is 1050 g/mol. The predicted molar refractivity (Wildman–Crippen MR) is 238 cm³/mol. The van der Waals surface area contributed by atoms with Crippen LogP contribution < -0.4 is 80.0 Å². The van der Waals surface area contributed by atoms with Crippen LogP contribution in [0.5, 0.6) is 11.5 Å². The summed E-state index contributed by atoms with van der Waals surface area (Å²) in [5, 5.41) is 45.4. The number of thioether (sulfide) groups is 1. The molecule has 8 rings (SSSR count). The first-order chi connectivity index (χ1) is 32.9. The van der Waals surface area contributed by atoms with Crippen LogP contribution in [-0.4, -0.2) is 161 Å². The summed E-state index contributed by atoms with van der Waals surface area (Å²) >= 11 is 1.24. The number of carbonyl (C=O) groups is 9. The number of imide groups is 1. The molecule has 0 spiro atoms. The summed E-state index contributed by atoms with van der Waals surface area (Å²) < 4.78 is 28.9. The minimum absolute atomic E-state index is 0. The van der Waals surface area contributed by atoms with E-state index in [2.05, 4.69) is 15.6 Å². The van der Waals surface area contributed by atoms with E-state index in [9.17, 15) is 72.0 Å². The van der Waals surface area contributed by atoms with E-state index in [0.717, 1.165) is 17.9 Å². The van der Waals surface area contributed by atoms with Gasteiger partial charge in [-0.05, 0) is 69.2 Å². The molecule has 5 aliphatic heterocycles. The summed E-state index contributed by atoms with van der Waals surface area (Å²) in [6.45, 7) is 5.83. The van der Waals surface area contributed by atoms with E-state index in [4.69, 9.17) is 4.74 Å². The summed E-state index contributed by atoms with van der Waals surface area (Å²) in [4.78, 5) is 120. The van der Waals surface area contributed by atoms with E-state index in [1.807, 2.05) is 0 Å². The average Bonchev–Trinajstić information content (AvgIpc) is 3.67. The van der Waals surface area contributed by atoms with Gasteiger partial charge >= 0.3 is 82.9 Å². The van der Waals surface area contributed by atoms with Crippen molar-refractivity contribution in [1.82, 2.24) is 35.2 Å². The molecule has 5 saturated heterocycles. The van der Waals surface area contributed by atoms with Gasteiger partial charge in [-0.25, -0.2) is 13.2 Å². The van der Waals surface area contributed by atoms with Crippen LogP contribution in [0, 0.1) is 0 Å². The second kappa shape index (κ2) is 22.3. The summed E-state index contributed by atoms with van der Waals surface area (Å²) in [6.07, 6.45) is 2.36. The maximum atomic E-state index is 13.4. The van der Waals surface area contributed by atoms with E-state index >= 15 is 0 Å². The van der Waals surface area contributed by atoms with Crippen molar-refractivity contribution in [3.63, 3.8) is 0 Å². The van der Waals surface area contributed by atoms with E-state index in [0.29, 0.717) is 22.7 Å². The molecule has 7 amide bonds. The Labute approximate surface area is 460 Å². The number of nitrogens with zero attached hydrogens (tertiary/aromatic N) is 5. The number of piperazine rings is 1. The van der Waals surface area contributed by atoms with Crippen LogP contribution in [0.3, 0.4) is 0 Å². The number of esters is 1. The first-order valence-electron chi connectivity index (χ1n) is 21.5. The number of benzene rings is 2. The van der Waals surface area contributed by atoms with Crippen LogP contribution in [-0.2, 0) is 59.4 Å². The predicted octanol–water partition coefficient (Wildman–Crippen LogP) is -8.43. The number of β-lactam (4-membered cyclic amide) rings is 2. The fraction of sp³-hybridized carbons (Fsp3) is 0.378. The number of phenolic OH excluding ortho intramolecular Hbond substituents is 2. The van der Waals surface area contributed by atoms with Crippen molar-refractivity contribution < 1.29 is 136 Å². The van der Waals surface area contributed by atoms with Crippen LogP contribution in [0.15, 0.2) is 78.5 Å². The van der Waals surface area contributed by atoms with Crippen molar-refractivity contribution >= 4 is 81.2 Å². The summed E-state index contributed by atoms with van der Waals surface area (Å²) in [5.74, 6) is -8.76. The monoisotopic (exact) mass is 1050 g/mol. The number of carbonyl (C=O) groups excluding carboxylic acids is 9. The van der Waals surface area contributed by atoms with Crippen LogP contribution in [0.4, 0.5) is 4.79 Å². The first kappa shape index (κ1) is 57.4. The number of sulfone groups is 1. The molecule has 23 nitrogen and oxygen atoms in total. The molecule has 27 heteroatoms. The van der Waals surface area contributed by atoms with Crippen molar-refractivity contribution in [2.75, 3.05) is 26.2 Å². The molecule has 5 aliphatic rings. The molecular weight excluding hydrogens is 1000 g/mol. The fourth-order valence-electron chi connectivity index (χ4n) is 8.80. The molecule has 0 bridgehead atoms. The number of aromatic nitrogens is 1. The van der Waals surface area contributed by atoms with Gasteiger partial charge < -0.3 is 60.1 Å². The van der Waals surface area contributed by atoms with Gasteiger partial charge in [-0.1, -0.05) is 42.5 Å². The van der Waals surface area contributed by atoms with Gasteiger partial charge in [0, 0.05) is 30.6 Å². The number of nitrogens with one attached hydrogen (secondary N) is 2. The van der Waals surface area contributed by atoms with Crippen LogP contribution in [0.1, 0.15) is 50.6 Å². The van der Waals surface area contributed by atoms with E-state index in [-0.39, 0.29) is 95.5 Å². The first-order valence-corrected chi connectivity index (χ1v) is 23.9. The Morgan fingerprint density at radius 2 is 1.53 bits per heavy atom. The van der Waals surface area contributed by atoms with Gasteiger partial charge in [0.1, 0.15) is 28.8 Å². The van der Waals surface area contributed by atoms with Crippen LogP contribution in [0.25, 0.3) is 6.08 Å². The number of hydrogen-bond acceptors (Lipinski definition) is 18. The van der Waals surface area contributed by atoms with Gasteiger partial charge in [0.15, 0.2) is 26.7 Å². The zero-order chi connectivity index (χ0) is 51.2. The van der Waals surface area contributed by atoms with Crippen LogP contribution >= 0.6 is 11.8 Å². The third-order valence-electron chi connectivity index (χ3n) is 12.5. The van der Waals surface area contributed by atoms with E-state index in [1.54, 1.807) is 69.3 Å². The third kappa shape index (κ3) is 10.6. The largest absolute Gasteiger partial charge is 1.00 e. The van der Waals surface area contributed by atoms with Crippen molar-refractivity contribution in [2.24, 2.45) is 0 Å². The quantitative estimate of drug-likeness (QED) is 0.0327. The minimum Gasteiger partial charge on any atom is -0.548 e. The standard InChI is InChI=1S/C23H27N5O7S.C22H20N2O9S.2Na/c1-4-26-10-11-27(19(32)18(26)31)22(35)25-13(12-8-6-5-7-9-12)16(29)24-14-17(30)28-15(21(33)34)23(2,3)36-20(14)28;1-22(11-33-17(27)9-12-5-6-15(25)16(26)8-12)18(21(29)30)24-19(28)14(20(24)34(22,31)32)10-13-4-2-3-7-23-13;;/h5-9,13-15,20H,4,10-11H2,1-3H3,(H,24,29)(H,25,35)(H,33,34);2-8,10,18,20,25-26H,9,11H2,1H3,(H,29,30);;/q;;2*+1/p-2/b;14-10-;;/t13?,14-,15+,20-;18-,20?,22-;;/m10../s1. The van der Waals surface area contributed by atoms with E-state index in [1.165, 1.54) is 46.0 Å². The summed E-state index contributed by atoms with van der Waals surface area (Å²) in [6, 6.07) is 10.5. The molecule has 5 fully saturated rings. The van der Waals surface area contributed by atoms with Gasteiger partial charge in [0.25, 0.3) is 5.91 Å². The Morgan fingerprint density at radius 1 is 0.875 bits per heavy atom. The van der Waals surface area contributed by atoms with Crippen LogP contribution in [0.2, 0.25) is 0 Å². The Hall–Kier alpha value is -5.54. The van der Waals surface area contributed by atoms with Crippen molar-refractivity contribution in [3.05, 3.63) is 95.3 Å². The Kier molecular flexibility index (Phi) is 17.8. The number of amides is 7. The Morgan fingerprint density at radius 3 is 2.12 bits per heavy atom. The third-order valence-corrected chi connectivity index (χ3v) is 16.8. The Balaban J connectivity index is 0.000000261. The molecule has 72 heavy (non-hydrogen) atoms. The number of hydrogen-bond donors (Lipinski definition) is 4. The van der Waals surface area contributed by atoms with Gasteiger partial charge in [0.2, 0.25) is 11.8 Å². The number of ether oxygens (including phenoxy) is 1. The minimum atomic E-state index is -4.37. The molecular formula is C45H45N7Na2O16S2. The summed E-state index contributed by atoms with van der Waals surface area (Å²) in [7, 11) is -4.37. The fourth-order valence-corrected chi connectivity index (χ4v) is 12.7. The molecule has 4 N–H and O–H groups in total. The van der Waals surface area contributed by atoms with Crippen molar-refractivity contribution in [2.45, 2.75) is 78.5 Å². The molecule has 0 radical (unpaired) electrons. The number of likely N-dealkylation sites (N-methyl/N-ethyl adjacent to an activating group) is 1. The van der Waals surface area contributed by atoms with Crippen molar-refractivity contribution in [1.29, 1.82) is 0 Å². The number of aromatic hydroxyl groups is 2. The van der Waals surface area contributed by atoms with Gasteiger partial charge in [-0.15, -0.1) is 11.8 Å². The zero-order valence-corrected chi connectivity index (χ0v) is 45.3. The maximum Gasteiger partial charge on any atom is 1.00 e. The molecule has 370 valence electrons. The van der Waals surface area contributed by atoms with E-state index < -0.39 is 120 Å². The Bertz CT molecular complexity index is 2840. The number of phenols is 2. The SMILES string of the molecule is CCN1CCN(C(=O)NC(C(=O)N[C@@H]2C(=O)N3[C@@H]2SC(C)(C)[C@@H]3C(=O)[O-])c2ccccc2)C(=O)C1=O.C[C@]1(COC(=O)Cc2ccc(O)c(O)c2)[C@H](C(=O)[O-])N2C(=O)/C(=C/c3ccccn3)C2S1(=O)=O.[Na+].[Na+]. The number of carboxylic acids is 2. The second-order valence-electron chi connectivity index (χ2n) is 17.4. The number of rotatable bonds is 12. The summed E-state index contributed by atoms with van der Waals surface area (Å²) in [5.41, 5.74) is 0.850. The molecule has 0 saturated carbocycles. The molecule has 1 aromatic heterocycles. The number of urea groups is 1. The van der Waals surface area contributed by atoms with Gasteiger partial charge in [-0.2, -0.15) is 0 Å². The smallest absolute Gasteiger partial charge is 0.548 e. The number of fused-ring (bicyclic) bond motifs is 2. The topological polar surface area (TPSA) is 333 Å². The van der Waals surface area contributed by atoms with Gasteiger partial charge in [-0.3, -0.25) is 38.7 Å². The maximum absolute atomic E-state index is 13.4. The number of carboxylic acid groups (broad SMARTS) is 2. The normalized spacial score (nSPS) is 25.2. The molecule has 2 aromatic carbocycles. The molecule has 6 heterocycles. The zero-order valence-electron chi connectivity index (χ0n) is 39.7. The number of pyridine rings is 1. The number of aliphatic carboxylic acids is 2. The molecule has 0 aliphatic carbocycles. The molecule has 7 atom stereocenters. The van der Waals surface area contributed by atoms with Gasteiger partial charge in [0.05, 0.1) is 41.7 Å². The molecule has 3 aromatic rings. The van der Waals surface area contributed by atoms with Crippen molar-refractivity contribution in [3.8, 4) is 11.5 Å². The molecule has 2 unspecified atom stereocenters. The second-order valence-corrected chi connectivity index (χ2v) is 21.6.